The molecular formula is C14H25N5O. The van der Waals surface area contributed by atoms with Crippen molar-refractivity contribution in [2.24, 2.45) is 12.5 Å². The number of nitrogens with zero attached hydrogens (tertiary/aromatic N) is 4. The Morgan fingerprint density at radius 1 is 1.35 bits per heavy atom. The minimum atomic E-state index is 0.361. The topological polar surface area (TPSA) is 64.9 Å². The van der Waals surface area contributed by atoms with Crippen molar-refractivity contribution in [3.8, 4) is 0 Å². The summed E-state index contributed by atoms with van der Waals surface area (Å²) >= 11 is 0. The summed E-state index contributed by atoms with van der Waals surface area (Å²) in [6.07, 6.45) is 8.22. The van der Waals surface area contributed by atoms with Gasteiger partial charge in [-0.25, -0.2) is 4.68 Å². The van der Waals surface area contributed by atoms with Crippen molar-refractivity contribution in [3.05, 3.63) is 5.82 Å². The van der Waals surface area contributed by atoms with E-state index in [-0.39, 0.29) is 0 Å². The zero-order valence-corrected chi connectivity index (χ0v) is 12.5. The van der Waals surface area contributed by atoms with Crippen LogP contribution in [0.3, 0.4) is 0 Å². The zero-order valence-electron chi connectivity index (χ0n) is 12.5. The molecule has 3 rings (SSSR count). The van der Waals surface area contributed by atoms with Gasteiger partial charge in [0.15, 0.2) is 5.82 Å². The summed E-state index contributed by atoms with van der Waals surface area (Å²) in [5.41, 5.74) is 0.361. The molecule has 6 heteroatoms. The first-order chi connectivity index (χ1) is 9.76. The van der Waals surface area contributed by atoms with Gasteiger partial charge in [-0.15, -0.1) is 5.10 Å². The van der Waals surface area contributed by atoms with Crippen LogP contribution in [0.2, 0.25) is 0 Å². The van der Waals surface area contributed by atoms with Gasteiger partial charge in [-0.3, -0.25) is 0 Å². The number of rotatable bonds is 5. The van der Waals surface area contributed by atoms with Crippen molar-refractivity contribution in [3.63, 3.8) is 0 Å². The van der Waals surface area contributed by atoms with Crippen molar-refractivity contribution in [2.75, 3.05) is 6.61 Å². The van der Waals surface area contributed by atoms with E-state index in [1.54, 1.807) is 4.68 Å². The van der Waals surface area contributed by atoms with Crippen LogP contribution in [0.25, 0.3) is 0 Å². The first kappa shape index (κ1) is 13.9. The first-order valence-electron chi connectivity index (χ1n) is 7.82. The quantitative estimate of drug-likeness (QED) is 0.883. The second kappa shape index (κ2) is 5.77. The Hall–Kier alpha value is -1.01. The van der Waals surface area contributed by atoms with Crippen LogP contribution in [0.1, 0.15) is 51.3 Å². The molecule has 1 heterocycles. The number of ether oxygens (including phenoxy) is 1. The first-order valence-corrected chi connectivity index (χ1v) is 7.82. The van der Waals surface area contributed by atoms with E-state index >= 15 is 0 Å². The van der Waals surface area contributed by atoms with E-state index in [4.69, 9.17) is 4.74 Å². The van der Waals surface area contributed by atoms with Crippen molar-refractivity contribution in [1.29, 1.82) is 0 Å². The maximum Gasteiger partial charge on any atom is 0.164 e. The Morgan fingerprint density at radius 2 is 2.15 bits per heavy atom. The molecular weight excluding hydrogens is 254 g/mol. The Morgan fingerprint density at radius 3 is 2.80 bits per heavy atom. The standard InChI is InChI=1S/C14H25N5O/c1-3-20-12-9-11(14(12)7-5-4-6-8-14)15-10-13-16-17-18-19(13)2/h11-12,15H,3-10H2,1-2H3/t11-,12-/m0/s1. The van der Waals surface area contributed by atoms with E-state index in [2.05, 4.69) is 27.8 Å². The largest absolute Gasteiger partial charge is 0.378 e. The number of aromatic nitrogens is 4. The highest BCUT2D eigenvalue weighted by atomic mass is 16.5. The molecule has 0 radical (unpaired) electrons. The number of aryl methyl sites for hydroxylation is 1. The van der Waals surface area contributed by atoms with E-state index in [0.717, 1.165) is 25.4 Å². The summed E-state index contributed by atoms with van der Waals surface area (Å²) in [5, 5.41) is 15.3. The number of tetrazole rings is 1. The predicted molar refractivity (Wildman–Crippen MR) is 75.0 cm³/mol. The van der Waals surface area contributed by atoms with Gasteiger partial charge in [-0.05, 0) is 36.6 Å². The molecule has 1 aromatic heterocycles. The van der Waals surface area contributed by atoms with E-state index in [1.807, 2.05) is 7.05 Å². The van der Waals surface area contributed by atoms with Crippen LogP contribution < -0.4 is 5.32 Å². The van der Waals surface area contributed by atoms with Gasteiger partial charge in [0.05, 0.1) is 12.6 Å². The third kappa shape index (κ3) is 2.35. The average molecular weight is 279 g/mol. The second-order valence-electron chi connectivity index (χ2n) is 6.13. The summed E-state index contributed by atoms with van der Waals surface area (Å²) in [7, 11) is 1.89. The number of nitrogens with one attached hydrogen (secondary N) is 1. The summed E-state index contributed by atoms with van der Waals surface area (Å²) < 4.78 is 7.71. The molecule has 0 bridgehead atoms. The maximum absolute atomic E-state index is 5.98. The van der Waals surface area contributed by atoms with Gasteiger partial charge in [-0.2, -0.15) is 0 Å². The van der Waals surface area contributed by atoms with Crippen LogP contribution in [0.15, 0.2) is 0 Å². The van der Waals surface area contributed by atoms with Crippen molar-refractivity contribution in [2.45, 2.75) is 64.1 Å². The molecule has 0 amide bonds. The molecule has 1 aromatic rings. The summed E-state index contributed by atoms with van der Waals surface area (Å²) in [5.74, 6) is 0.899. The van der Waals surface area contributed by atoms with Crippen molar-refractivity contribution < 1.29 is 4.74 Å². The van der Waals surface area contributed by atoms with Crippen LogP contribution in [0.5, 0.6) is 0 Å². The molecule has 2 fully saturated rings. The maximum atomic E-state index is 5.98. The molecule has 2 aliphatic rings. The monoisotopic (exact) mass is 279 g/mol. The lowest BCUT2D eigenvalue weighted by Gasteiger charge is -2.58. The van der Waals surface area contributed by atoms with Gasteiger partial charge in [-0.1, -0.05) is 19.3 Å². The molecule has 2 atom stereocenters. The van der Waals surface area contributed by atoms with Gasteiger partial charge >= 0.3 is 0 Å². The predicted octanol–water partition coefficient (Wildman–Crippen LogP) is 1.43. The van der Waals surface area contributed by atoms with E-state index < -0.39 is 0 Å². The molecule has 20 heavy (non-hydrogen) atoms. The zero-order chi connectivity index (χ0) is 14.0. The van der Waals surface area contributed by atoms with Gasteiger partial charge in [0.2, 0.25) is 0 Å². The average Bonchev–Trinajstić information content (AvgIpc) is 2.88. The molecule has 0 aromatic carbocycles. The molecule has 0 aliphatic heterocycles. The Bertz CT molecular complexity index is 441. The molecule has 1 N–H and O–H groups in total. The minimum Gasteiger partial charge on any atom is -0.378 e. The normalized spacial score (nSPS) is 28.5. The molecule has 112 valence electrons. The van der Waals surface area contributed by atoms with E-state index in [1.165, 1.54) is 32.1 Å². The fourth-order valence-corrected chi connectivity index (χ4v) is 3.96. The highest BCUT2D eigenvalue weighted by Gasteiger charge is 2.55. The summed E-state index contributed by atoms with van der Waals surface area (Å²) in [4.78, 5) is 0. The van der Waals surface area contributed by atoms with E-state index in [9.17, 15) is 0 Å². The molecule has 0 unspecified atom stereocenters. The Balaban J connectivity index is 1.62. The van der Waals surface area contributed by atoms with Crippen LogP contribution in [-0.4, -0.2) is 39.0 Å². The van der Waals surface area contributed by atoms with Crippen molar-refractivity contribution >= 4 is 0 Å². The summed E-state index contributed by atoms with van der Waals surface area (Å²) in [6, 6.07) is 0.552. The lowest BCUT2D eigenvalue weighted by molar-refractivity contribution is -0.150. The van der Waals surface area contributed by atoms with Gasteiger partial charge < -0.3 is 10.1 Å². The SMILES string of the molecule is CCO[C@H]1C[C@H](NCc2nnnn2C)C12CCCCC2. The molecule has 0 saturated heterocycles. The minimum absolute atomic E-state index is 0.361. The van der Waals surface area contributed by atoms with Crippen molar-refractivity contribution in [1.82, 2.24) is 25.5 Å². The van der Waals surface area contributed by atoms with Gasteiger partial charge in [0.1, 0.15) is 0 Å². The van der Waals surface area contributed by atoms with Crippen LogP contribution in [0.4, 0.5) is 0 Å². The van der Waals surface area contributed by atoms with Gasteiger partial charge in [0, 0.05) is 25.1 Å². The fraction of sp³-hybridized carbons (Fsp3) is 0.929. The van der Waals surface area contributed by atoms with Crippen LogP contribution >= 0.6 is 0 Å². The smallest absolute Gasteiger partial charge is 0.164 e. The third-order valence-corrected chi connectivity index (χ3v) is 5.15. The van der Waals surface area contributed by atoms with Crippen LogP contribution in [0, 0.1) is 5.41 Å². The Kier molecular flexibility index (Phi) is 4.03. The van der Waals surface area contributed by atoms with Crippen LogP contribution in [-0.2, 0) is 18.3 Å². The van der Waals surface area contributed by atoms with E-state index in [0.29, 0.717) is 17.6 Å². The molecule has 6 nitrogen and oxygen atoms in total. The summed E-state index contributed by atoms with van der Waals surface area (Å²) in [6.45, 7) is 3.67. The highest BCUT2D eigenvalue weighted by molar-refractivity contribution is 5.09. The molecule has 2 saturated carbocycles. The number of hydrogen-bond donors (Lipinski definition) is 1. The number of hydrogen-bond acceptors (Lipinski definition) is 5. The van der Waals surface area contributed by atoms with Gasteiger partial charge in [0.25, 0.3) is 0 Å². The third-order valence-electron chi connectivity index (χ3n) is 5.15. The fourth-order valence-electron chi connectivity index (χ4n) is 3.96. The lowest BCUT2D eigenvalue weighted by atomic mass is 9.55. The second-order valence-corrected chi connectivity index (χ2v) is 6.13. The molecule has 2 aliphatic carbocycles. The molecule has 1 spiro atoms. The lowest BCUT2D eigenvalue weighted by Crippen LogP contribution is -2.64. The Labute approximate surface area is 120 Å². The highest BCUT2D eigenvalue weighted by Crippen LogP contribution is 2.53.